The van der Waals surface area contributed by atoms with Crippen molar-refractivity contribution in [2.24, 2.45) is 0 Å². The fraction of sp³-hybridized carbons (Fsp3) is 0.500. The molecular weight excluding hydrogens is 210 g/mol. The highest BCUT2D eigenvalue weighted by Crippen LogP contribution is 2.22. The van der Waals surface area contributed by atoms with Crippen molar-refractivity contribution in [3.63, 3.8) is 0 Å². The first-order chi connectivity index (χ1) is 7.24. The number of benzene rings is 1. The van der Waals surface area contributed by atoms with Crippen LogP contribution in [0.15, 0.2) is 18.2 Å². The Morgan fingerprint density at radius 1 is 1.40 bits per heavy atom. The van der Waals surface area contributed by atoms with Crippen molar-refractivity contribution in [3.8, 4) is 0 Å². The third-order valence-electron chi connectivity index (χ3n) is 2.11. The van der Waals surface area contributed by atoms with Crippen molar-refractivity contribution >= 4 is 17.3 Å². The van der Waals surface area contributed by atoms with Gasteiger partial charge in [0.25, 0.3) is 0 Å². The Morgan fingerprint density at radius 3 is 2.87 bits per heavy atom. The molecule has 1 N–H and O–H groups in total. The van der Waals surface area contributed by atoms with Gasteiger partial charge in [0.2, 0.25) is 0 Å². The maximum Gasteiger partial charge on any atom is 0.0640 e. The quantitative estimate of drug-likeness (QED) is 0.752. The molecule has 0 heterocycles. The van der Waals surface area contributed by atoms with Gasteiger partial charge in [-0.05, 0) is 38.0 Å². The summed E-state index contributed by atoms with van der Waals surface area (Å²) >= 11 is 6.08. The van der Waals surface area contributed by atoms with Gasteiger partial charge in [0.15, 0.2) is 0 Å². The minimum Gasteiger partial charge on any atom is -0.384 e. The number of rotatable bonds is 6. The third-order valence-corrected chi connectivity index (χ3v) is 2.42. The fourth-order valence-corrected chi connectivity index (χ4v) is 1.61. The number of aryl methyl sites for hydroxylation is 1. The van der Waals surface area contributed by atoms with Crippen LogP contribution in [0.25, 0.3) is 0 Å². The van der Waals surface area contributed by atoms with Crippen molar-refractivity contribution < 1.29 is 4.74 Å². The molecule has 1 rings (SSSR count). The van der Waals surface area contributed by atoms with Crippen LogP contribution >= 0.6 is 11.6 Å². The maximum absolute atomic E-state index is 6.08. The van der Waals surface area contributed by atoms with Crippen molar-refractivity contribution in [1.82, 2.24) is 0 Å². The zero-order valence-electron chi connectivity index (χ0n) is 9.35. The van der Waals surface area contributed by atoms with Crippen molar-refractivity contribution in [2.45, 2.75) is 20.3 Å². The molecule has 15 heavy (non-hydrogen) atoms. The van der Waals surface area contributed by atoms with Crippen LogP contribution in [0.4, 0.5) is 5.69 Å². The van der Waals surface area contributed by atoms with Gasteiger partial charge in [0.05, 0.1) is 10.7 Å². The molecule has 0 amide bonds. The molecule has 0 aliphatic heterocycles. The van der Waals surface area contributed by atoms with E-state index in [1.165, 1.54) is 5.56 Å². The van der Waals surface area contributed by atoms with Crippen LogP contribution in [-0.2, 0) is 4.74 Å². The van der Waals surface area contributed by atoms with Gasteiger partial charge in [0.1, 0.15) is 0 Å². The van der Waals surface area contributed by atoms with E-state index in [0.29, 0.717) is 0 Å². The summed E-state index contributed by atoms with van der Waals surface area (Å²) in [5.41, 5.74) is 2.18. The van der Waals surface area contributed by atoms with Crippen LogP contribution in [0.5, 0.6) is 0 Å². The first kappa shape index (κ1) is 12.3. The maximum atomic E-state index is 6.08. The molecule has 0 bridgehead atoms. The first-order valence-electron chi connectivity index (χ1n) is 5.32. The molecule has 0 aromatic heterocycles. The van der Waals surface area contributed by atoms with E-state index in [9.17, 15) is 0 Å². The highest BCUT2D eigenvalue weighted by atomic mass is 35.5. The molecule has 0 radical (unpaired) electrons. The summed E-state index contributed by atoms with van der Waals surface area (Å²) in [4.78, 5) is 0. The fourth-order valence-electron chi connectivity index (χ4n) is 1.31. The van der Waals surface area contributed by atoms with Gasteiger partial charge in [-0.1, -0.05) is 17.7 Å². The molecule has 0 spiro atoms. The van der Waals surface area contributed by atoms with Crippen LogP contribution in [-0.4, -0.2) is 19.8 Å². The summed E-state index contributed by atoms with van der Waals surface area (Å²) in [6.45, 7) is 6.51. The van der Waals surface area contributed by atoms with Crippen molar-refractivity contribution in [2.75, 3.05) is 25.1 Å². The summed E-state index contributed by atoms with van der Waals surface area (Å²) < 4.78 is 5.25. The minimum absolute atomic E-state index is 0.783. The zero-order chi connectivity index (χ0) is 11.1. The second-order valence-corrected chi connectivity index (χ2v) is 3.87. The SMILES string of the molecule is CCOCCCNc1ccc(C)cc1Cl. The number of ether oxygens (including phenoxy) is 1. The van der Waals surface area contributed by atoms with E-state index in [1.54, 1.807) is 0 Å². The molecule has 0 aliphatic carbocycles. The van der Waals surface area contributed by atoms with Gasteiger partial charge in [-0.3, -0.25) is 0 Å². The number of anilines is 1. The smallest absolute Gasteiger partial charge is 0.0640 e. The Hall–Kier alpha value is -0.730. The molecule has 0 unspecified atom stereocenters. The summed E-state index contributed by atoms with van der Waals surface area (Å²) in [7, 11) is 0. The normalized spacial score (nSPS) is 10.3. The molecule has 1 aromatic rings. The summed E-state index contributed by atoms with van der Waals surface area (Å²) in [5.74, 6) is 0. The first-order valence-corrected chi connectivity index (χ1v) is 5.69. The Labute approximate surface area is 96.6 Å². The van der Waals surface area contributed by atoms with Crippen LogP contribution in [0.2, 0.25) is 5.02 Å². The van der Waals surface area contributed by atoms with E-state index < -0.39 is 0 Å². The van der Waals surface area contributed by atoms with E-state index >= 15 is 0 Å². The molecule has 0 fully saturated rings. The van der Waals surface area contributed by atoms with Crippen molar-refractivity contribution in [3.05, 3.63) is 28.8 Å². The molecule has 84 valence electrons. The van der Waals surface area contributed by atoms with Gasteiger partial charge in [-0.2, -0.15) is 0 Å². The van der Waals surface area contributed by atoms with Gasteiger partial charge < -0.3 is 10.1 Å². The van der Waals surface area contributed by atoms with E-state index in [1.807, 2.05) is 26.0 Å². The number of hydrogen-bond donors (Lipinski definition) is 1. The topological polar surface area (TPSA) is 21.3 Å². The van der Waals surface area contributed by atoms with E-state index in [-0.39, 0.29) is 0 Å². The third kappa shape index (κ3) is 4.54. The van der Waals surface area contributed by atoms with Crippen LogP contribution in [0.3, 0.4) is 0 Å². The van der Waals surface area contributed by atoms with Crippen molar-refractivity contribution in [1.29, 1.82) is 0 Å². The monoisotopic (exact) mass is 227 g/mol. The Morgan fingerprint density at radius 2 is 2.20 bits per heavy atom. The average Bonchev–Trinajstić information content (AvgIpc) is 2.20. The lowest BCUT2D eigenvalue weighted by molar-refractivity contribution is 0.147. The van der Waals surface area contributed by atoms with E-state index in [2.05, 4.69) is 11.4 Å². The Balaban J connectivity index is 2.31. The van der Waals surface area contributed by atoms with Gasteiger partial charge in [-0.15, -0.1) is 0 Å². The molecule has 1 aromatic carbocycles. The molecule has 3 heteroatoms. The largest absolute Gasteiger partial charge is 0.384 e. The standard InChI is InChI=1S/C12H18ClNO/c1-3-15-8-4-7-14-12-6-5-10(2)9-11(12)13/h5-6,9,14H,3-4,7-8H2,1-2H3. The highest BCUT2D eigenvalue weighted by molar-refractivity contribution is 6.33. The van der Waals surface area contributed by atoms with Crippen LogP contribution in [0.1, 0.15) is 18.9 Å². The second kappa shape index (κ2) is 6.70. The molecule has 0 saturated heterocycles. The van der Waals surface area contributed by atoms with Crippen LogP contribution < -0.4 is 5.32 Å². The summed E-state index contributed by atoms with van der Waals surface area (Å²) in [5, 5.41) is 4.07. The minimum atomic E-state index is 0.783. The lowest BCUT2D eigenvalue weighted by Gasteiger charge is -2.08. The summed E-state index contributed by atoms with van der Waals surface area (Å²) in [6, 6.07) is 6.03. The lowest BCUT2D eigenvalue weighted by atomic mass is 10.2. The molecule has 0 aliphatic rings. The van der Waals surface area contributed by atoms with Gasteiger partial charge in [0, 0.05) is 19.8 Å². The predicted octanol–water partition coefficient (Wildman–Crippen LogP) is 3.49. The Bertz CT molecular complexity index is 302. The zero-order valence-corrected chi connectivity index (χ0v) is 10.1. The molecular formula is C12H18ClNO. The average molecular weight is 228 g/mol. The van der Waals surface area contributed by atoms with Gasteiger partial charge >= 0.3 is 0 Å². The molecule has 2 nitrogen and oxygen atoms in total. The van der Waals surface area contributed by atoms with E-state index in [0.717, 1.165) is 36.9 Å². The number of halogens is 1. The lowest BCUT2D eigenvalue weighted by Crippen LogP contribution is -2.05. The highest BCUT2D eigenvalue weighted by Gasteiger charge is 1.98. The van der Waals surface area contributed by atoms with Gasteiger partial charge in [-0.25, -0.2) is 0 Å². The summed E-state index contributed by atoms with van der Waals surface area (Å²) in [6.07, 6.45) is 0.998. The van der Waals surface area contributed by atoms with E-state index in [4.69, 9.17) is 16.3 Å². The second-order valence-electron chi connectivity index (χ2n) is 3.46. The molecule has 0 saturated carbocycles. The Kier molecular flexibility index (Phi) is 5.51. The number of nitrogens with one attached hydrogen (secondary N) is 1. The molecule has 0 atom stereocenters. The number of hydrogen-bond acceptors (Lipinski definition) is 2. The van der Waals surface area contributed by atoms with Crippen LogP contribution in [0, 0.1) is 6.92 Å². The predicted molar refractivity (Wildman–Crippen MR) is 65.8 cm³/mol.